The van der Waals surface area contributed by atoms with E-state index in [-0.39, 0.29) is 0 Å². The molecule has 76 valence electrons. The number of rotatable bonds is 4. The molecule has 0 saturated carbocycles. The fraction of sp³-hybridized carbons (Fsp3) is 0.385. The van der Waals surface area contributed by atoms with Gasteiger partial charge in [0.1, 0.15) is 5.75 Å². The molecule has 1 aromatic carbocycles. The van der Waals surface area contributed by atoms with Crippen LogP contribution in [0.3, 0.4) is 0 Å². The molecule has 1 unspecified atom stereocenters. The zero-order valence-electron chi connectivity index (χ0n) is 9.21. The Labute approximate surface area is 86.4 Å². The van der Waals surface area contributed by atoms with Crippen LogP contribution in [0, 0.1) is 6.92 Å². The minimum atomic E-state index is 0.532. The van der Waals surface area contributed by atoms with Crippen LogP contribution in [0.2, 0.25) is 0 Å². The summed E-state index contributed by atoms with van der Waals surface area (Å²) in [6.07, 6.45) is 2.62. The fourth-order valence-electron chi connectivity index (χ4n) is 1.53. The monoisotopic (exact) mass is 190 g/mol. The quantitative estimate of drug-likeness (QED) is 0.651. The third kappa shape index (κ3) is 2.16. The fourth-order valence-corrected chi connectivity index (χ4v) is 1.53. The molecular formula is C13H18O. The molecule has 14 heavy (non-hydrogen) atoms. The van der Waals surface area contributed by atoms with E-state index in [2.05, 4.69) is 45.5 Å². The van der Waals surface area contributed by atoms with Gasteiger partial charge in [-0.2, -0.15) is 0 Å². The van der Waals surface area contributed by atoms with Crippen LogP contribution in [-0.2, 0) is 0 Å². The highest BCUT2D eigenvalue weighted by Crippen LogP contribution is 2.31. The smallest absolute Gasteiger partial charge is 0.132 e. The predicted molar refractivity (Wildman–Crippen MR) is 60.7 cm³/mol. The Kier molecular flexibility index (Phi) is 3.75. The van der Waals surface area contributed by atoms with E-state index in [0.717, 1.165) is 12.2 Å². The van der Waals surface area contributed by atoms with Crippen LogP contribution in [-0.4, -0.2) is 0 Å². The topological polar surface area (TPSA) is 9.23 Å². The Hall–Kier alpha value is -1.24. The average molecular weight is 190 g/mol. The first-order valence-electron chi connectivity index (χ1n) is 5.07. The third-order valence-electron chi connectivity index (χ3n) is 2.59. The van der Waals surface area contributed by atoms with Gasteiger partial charge in [0, 0.05) is 0 Å². The standard InChI is InChI=1S/C13H18O/c1-5-10(3)12-9-7-8-11(4)13(12)14-6-2/h6-10H,2,5H2,1,3-4H3. The van der Waals surface area contributed by atoms with Crippen LogP contribution in [0.1, 0.15) is 37.3 Å². The molecule has 0 radical (unpaired) electrons. The zero-order chi connectivity index (χ0) is 10.6. The summed E-state index contributed by atoms with van der Waals surface area (Å²) < 4.78 is 5.45. The van der Waals surface area contributed by atoms with Gasteiger partial charge >= 0.3 is 0 Å². The molecule has 0 aliphatic heterocycles. The summed E-state index contributed by atoms with van der Waals surface area (Å²) in [5.41, 5.74) is 2.44. The molecule has 1 heteroatoms. The maximum atomic E-state index is 5.45. The maximum absolute atomic E-state index is 5.45. The van der Waals surface area contributed by atoms with Gasteiger partial charge in [-0.3, -0.25) is 0 Å². The number of hydrogen-bond donors (Lipinski definition) is 0. The molecule has 0 saturated heterocycles. The van der Waals surface area contributed by atoms with Gasteiger partial charge in [0.05, 0.1) is 6.26 Å². The van der Waals surface area contributed by atoms with Gasteiger partial charge in [0.25, 0.3) is 0 Å². The summed E-state index contributed by atoms with van der Waals surface area (Å²) in [5.74, 6) is 1.50. The van der Waals surface area contributed by atoms with Crippen molar-refractivity contribution < 1.29 is 4.74 Å². The molecule has 1 nitrogen and oxygen atoms in total. The van der Waals surface area contributed by atoms with Gasteiger partial charge < -0.3 is 4.74 Å². The van der Waals surface area contributed by atoms with Crippen molar-refractivity contribution in [1.82, 2.24) is 0 Å². The number of benzene rings is 1. The molecule has 0 spiro atoms. The molecule has 0 heterocycles. The lowest BCUT2D eigenvalue weighted by Gasteiger charge is -2.15. The second-order valence-electron chi connectivity index (χ2n) is 3.59. The first-order chi connectivity index (χ1) is 6.70. The highest BCUT2D eigenvalue weighted by Gasteiger charge is 2.11. The second-order valence-corrected chi connectivity index (χ2v) is 3.59. The van der Waals surface area contributed by atoms with Gasteiger partial charge in [0.2, 0.25) is 0 Å². The summed E-state index contributed by atoms with van der Waals surface area (Å²) in [4.78, 5) is 0. The van der Waals surface area contributed by atoms with E-state index in [4.69, 9.17) is 4.74 Å². The van der Waals surface area contributed by atoms with E-state index < -0.39 is 0 Å². The average Bonchev–Trinajstić information content (AvgIpc) is 2.20. The van der Waals surface area contributed by atoms with Crippen molar-refractivity contribution >= 4 is 0 Å². The van der Waals surface area contributed by atoms with Crippen molar-refractivity contribution in [3.05, 3.63) is 42.2 Å². The minimum Gasteiger partial charge on any atom is -0.465 e. The molecule has 1 atom stereocenters. The lowest BCUT2D eigenvalue weighted by atomic mass is 9.96. The zero-order valence-corrected chi connectivity index (χ0v) is 9.21. The van der Waals surface area contributed by atoms with Crippen LogP contribution < -0.4 is 4.74 Å². The minimum absolute atomic E-state index is 0.532. The lowest BCUT2D eigenvalue weighted by molar-refractivity contribution is 0.467. The Morgan fingerprint density at radius 2 is 2.21 bits per heavy atom. The highest BCUT2D eigenvalue weighted by atomic mass is 16.5. The normalized spacial score (nSPS) is 12.2. The molecule has 0 fully saturated rings. The van der Waals surface area contributed by atoms with Gasteiger partial charge in [-0.15, -0.1) is 0 Å². The first-order valence-corrected chi connectivity index (χ1v) is 5.07. The van der Waals surface area contributed by atoms with Crippen LogP contribution in [0.15, 0.2) is 31.0 Å². The number of ether oxygens (including phenoxy) is 1. The van der Waals surface area contributed by atoms with Crippen molar-refractivity contribution in [3.8, 4) is 5.75 Å². The lowest BCUT2D eigenvalue weighted by Crippen LogP contribution is -1.97. The summed E-state index contributed by atoms with van der Waals surface area (Å²) in [5, 5.41) is 0. The van der Waals surface area contributed by atoms with Gasteiger partial charge in [-0.05, 0) is 30.4 Å². The van der Waals surface area contributed by atoms with Crippen molar-refractivity contribution in [1.29, 1.82) is 0 Å². The van der Waals surface area contributed by atoms with Crippen LogP contribution in [0.5, 0.6) is 5.75 Å². The summed E-state index contributed by atoms with van der Waals surface area (Å²) >= 11 is 0. The molecule has 1 rings (SSSR count). The molecule has 0 aromatic heterocycles. The Morgan fingerprint density at radius 3 is 2.79 bits per heavy atom. The van der Waals surface area contributed by atoms with E-state index in [9.17, 15) is 0 Å². The largest absolute Gasteiger partial charge is 0.465 e. The van der Waals surface area contributed by atoms with E-state index in [1.165, 1.54) is 17.4 Å². The molecule has 0 bridgehead atoms. The van der Waals surface area contributed by atoms with Gasteiger partial charge in [-0.25, -0.2) is 0 Å². The predicted octanol–water partition coefficient (Wildman–Crippen LogP) is 4.03. The maximum Gasteiger partial charge on any atom is 0.132 e. The molecule has 0 N–H and O–H groups in total. The van der Waals surface area contributed by atoms with Crippen LogP contribution in [0.25, 0.3) is 0 Å². The van der Waals surface area contributed by atoms with Gasteiger partial charge in [0.15, 0.2) is 0 Å². The first kappa shape index (κ1) is 10.8. The molecule has 0 amide bonds. The molecule has 0 aliphatic rings. The summed E-state index contributed by atoms with van der Waals surface area (Å²) in [6.45, 7) is 10.1. The Balaban J connectivity index is 3.13. The van der Waals surface area contributed by atoms with Crippen molar-refractivity contribution in [2.45, 2.75) is 33.1 Å². The molecule has 1 aromatic rings. The van der Waals surface area contributed by atoms with Crippen LogP contribution in [0.4, 0.5) is 0 Å². The number of aryl methyl sites for hydroxylation is 1. The Morgan fingerprint density at radius 1 is 1.50 bits per heavy atom. The van der Waals surface area contributed by atoms with Crippen molar-refractivity contribution in [2.24, 2.45) is 0 Å². The van der Waals surface area contributed by atoms with Crippen LogP contribution >= 0.6 is 0 Å². The van der Waals surface area contributed by atoms with Gasteiger partial charge in [-0.1, -0.05) is 38.6 Å². The summed E-state index contributed by atoms with van der Waals surface area (Å²) in [7, 11) is 0. The highest BCUT2D eigenvalue weighted by molar-refractivity contribution is 5.43. The van der Waals surface area contributed by atoms with E-state index in [1.807, 2.05) is 0 Å². The SMILES string of the molecule is C=COc1c(C)cccc1C(C)CC. The van der Waals surface area contributed by atoms with Crippen molar-refractivity contribution in [3.63, 3.8) is 0 Å². The second kappa shape index (κ2) is 4.85. The Bertz CT molecular complexity index is 315. The number of para-hydroxylation sites is 1. The van der Waals surface area contributed by atoms with E-state index in [1.54, 1.807) is 0 Å². The van der Waals surface area contributed by atoms with Crippen molar-refractivity contribution in [2.75, 3.05) is 0 Å². The molecule has 0 aliphatic carbocycles. The van der Waals surface area contributed by atoms with E-state index in [0.29, 0.717) is 5.92 Å². The third-order valence-corrected chi connectivity index (χ3v) is 2.59. The summed E-state index contributed by atoms with van der Waals surface area (Å²) in [6, 6.07) is 6.26. The number of hydrogen-bond acceptors (Lipinski definition) is 1. The van der Waals surface area contributed by atoms with E-state index >= 15 is 0 Å². The molecular weight excluding hydrogens is 172 g/mol.